The highest BCUT2D eigenvalue weighted by atomic mass is 16.7. The molecule has 0 spiro atoms. The van der Waals surface area contributed by atoms with Gasteiger partial charge in [-0.25, -0.2) is 0 Å². The summed E-state index contributed by atoms with van der Waals surface area (Å²) in [5.41, 5.74) is 6.31. The molecule has 2 rings (SSSR count). The molecular formula is C13H19NO3. The van der Waals surface area contributed by atoms with E-state index in [4.69, 9.17) is 15.2 Å². The summed E-state index contributed by atoms with van der Waals surface area (Å²) in [6.45, 7) is 1.28. The Hall–Kier alpha value is -1.26. The van der Waals surface area contributed by atoms with Gasteiger partial charge in [0.1, 0.15) is 11.5 Å². The molecule has 1 aliphatic rings. The van der Waals surface area contributed by atoms with Crippen LogP contribution in [0.3, 0.4) is 0 Å². The van der Waals surface area contributed by atoms with Gasteiger partial charge in [-0.05, 0) is 37.4 Å². The monoisotopic (exact) mass is 237 g/mol. The molecule has 3 N–H and O–H groups in total. The summed E-state index contributed by atoms with van der Waals surface area (Å²) >= 11 is 0. The first kappa shape index (κ1) is 12.2. The molecule has 4 heteroatoms. The molecule has 1 saturated heterocycles. The number of hydrogen-bond donors (Lipinski definition) is 2. The summed E-state index contributed by atoms with van der Waals surface area (Å²) in [6, 6.07) is 5.33. The Bertz CT molecular complexity index is 362. The minimum Gasteiger partial charge on any atom is -0.508 e. The summed E-state index contributed by atoms with van der Waals surface area (Å²) in [6.07, 6.45) is 3.63. The zero-order chi connectivity index (χ0) is 12.1. The van der Waals surface area contributed by atoms with Crippen LogP contribution in [0.4, 0.5) is 0 Å². The Kier molecular flexibility index (Phi) is 4.23. The predicted molar refractivity (Wildman–Crippen MR) is 65.1 cm³/mol. The Morgan fingerprint density at radius 2 is 2.29 bits per heavy atom. The number of ether oxygens (including phenoxy) is 2. The average Bonchev–Trinajstić information content (AvgIpc) is 2.34. The normalized spacial score (nSPS) is 20.2. The van der Waals surface area contributed by atoms with Crippen LogP contribution in [0.15, 0.2) is 18.2 Å². The number of phenolic OH excluding ortho intramolecular Hbond substituents is 1. The maximum atomic E-state index is 9.78. The SMILES string of the molecule is NCCc1ccc(OC2CCCCO2)cc1O. The van der Waals surface area contributed by atoms with Gasteiger partial charge in [0, 0.05) is 12.5 Å². The van der Waals surface area contributed by atoms with Crippen molar-refractivity contribution in [2.45, 2.75) is 32.0 Å². The molecule has 1 fully saturated rings. The van der Waals surface area contributed by atoms with Crippen molar-refractivity contribution in [2.24, 2.45) is 5.73 Å². The van der Waals surface area contributed by atoms with E-state index >= 15 is 0 Å². The number of aromatic hydroxyl groups is 1. The second-order valence-corrected chi connectivity index (χ2v) is 4.24. The molecule has 0 aliphatic carbocycles. The standard InChI is InChI=1S/C13H19NO3/c14-7-6-10-4-5-11(9-12(10)15)17-13-3-1-2-8-16-13/h4-5,9,13,15H,1-3,6-8,14H2. The first-order valence-corrected chi connectivity index (χ1v) is 6.10. The molecule has 4 nitrogen and oxygen atoms in total. The Morgan fingerprint density at radius 3 is 2.94 bits per heavy atom. The van der Waals surface area contributed by atoms with Crippen LogP contribution < -0.4 is 10.5 Å². The highest BCUT2D eigenvalue weighted by Crippen LogP contribution is 2.26. The zero-order valence-corrected chi connectivity index (χ0v) is 9.89. The fourth-order valence-corrected chi connectivity index (χ4v) is 1.94. The van der Waals surface area contributed by atoms with E-state index in [2.05, 4.69) is 0 Å². The summed E-state index contributed by atoms with van der Waals surface area (Å²) in [5.74, 6) is 0.888. The van der Waals surface area contributed by atoms with Crippen molar-refractivity contribution in [3.05, 3.63) is 23.8 Å². The van der Waals surface area contributed by atoms with Crippen molar-refractivity contribution in [3.8, 4) is 11.5 Å². The molecule has 1 aliphatic heterocycles. The van der Waals surface area contributed by atoms with Crippen molar-refractivity contribution in [2.75, 3.05) is 13.2 Å². The highest BCUT2D eigenvalue weighted by Gasteiger charge is 2.15. The molecular weight excluding hydrogens is 218 g/mol. The Labute approximate surface area is 101 Å². The third-order valence-corrected chi connectivity index (χ3v) is 2.88. The lowest BCUT2D eigenvalue weighted by Gasteiger charge is -2.23. The molecule has 1 aromatic rings. The average molecular weight is 237 g/mol. The van der Waals surface area contributed by atoms with E-state index in [1.54, 1.807) is 6.07 Å². The minimum absolute atomic E-state index is 0.177. The van der Waals surface area contributed by atoms with Gasteiger partial charge in [0.25, 0.3) is 0 Å². The second-order valence-electron chi connectivity index (χ2n) is 4.24. The van der Waals surface area contributed by atoms with E-state index in [-0.39, 0.29) is 12.0 Å². The molecule has 0 saturated carbocycles. The highest BCUT2D eigenvalue weighted by molar-refractivity contribution is 5.39. The van der Waals surface area contributed by atoms with Crippen LogP contribution in [0.1, 0.15) is 24.8 Å². The van der Waals surface area contributed by atoms with Crippen molar-refractivity contribution in [1.29, 1.82) is 0 Å². The van der Waals surface area contributed by atoms with E-state index < -0.39 is 0 Å². The van der Waals surface area contributed by atoms with Gasteiger partial charge in [0.15, 0.2) is 6.29 Å². The lowest BCUT2D eigenvalue weighted by molar-refractivity contribution is -0.105. The first-order valence-electron chi connectivity index (χ1n) is 6.10. The van der Waals surface area contributed by atoms with E-state index in [0.717, 1.165) is 31.4 Å². The second kappa shape index (κ2) is 5.89. The van der Waals surface area contributed by atoms with Crippen molar-refractivity contribution in [1.82, 2.24) is 0 Å². The molecule has 0 bridgehead atoms. The van der Waals surface area contributed by atoms with Gasteiger partial charge < -0.3 is 20.3 Å². The number of hydrogen-bond acceptors (Lipinski definition) is 4. The largest absolute Gasteiger partial charge is 0.508 e. The van der Waals surface area contributed by atoms with Gasteiger partial charge >= 0.3 is 0 Å². The van der Waals surface area contributed by atoms with Crippen LogP contribution in [0.25, 0.3) is 0 Å². The minimum atomic E-state index is -0.177. The van der Waals surface area contributed by atoms with Gasteiger partial charge in [-0.2, -0.15) is 0 Å². The molecule has 0 radical (unpaired) electrons. The van der Waals surface area contributed by atoms with Crippen molar-refractivity contribution < 1.29 is 14.6 Å². The van der Waals surface area contributed by atoms with Gasteiger partial charge in [-0.3, -0.25) is 0 Å². The third kappa shape index (κ3) is 3.35. The lowest BCUT2D eigenvalue weighted by atomic mass is 10.1. The number of benzene rings is 1. The topological polar surface area (TPSA) is 64.7 Å². The van der Waals surface area contributed by atoms with E-state index in [9.17, 15) is 5.11 Å². The Morgan fingerprint density at radius 1 is 1.41 bits per heavy atom. The quantitative estimate of drug-likeness (QED) is 0.838. The summed E-state index contributed by atoms with van der Waals surface area (Å²) in [4.78, 5) is 0. The number of nitrogens with two attached hydrogens (primary N) is 1. The summed E-state index contributed by atoms with van der Waals surface area (Å²) in [5, 5.41) is 9.78. The molecule has 94 valence electrons. The molecule has 1 atom stereocenters. The van der Waals surface area contributed by atoms with E-state index in [0.29, 0.717) is 18.7 Å². The van der Waals surface area contributed by atoms with E-state index in [1.807, 2.05) is 12.1 Å². The number of phenols is 1. The van der Waals surface area contributed by atoms with Crippen LogP contribution in [-0.4, -0.2) is 24.5 Å². The van der Waals surface area contributed by atoms with Crippen LogP contribution in [0.5, 0.6) is 11.5 Å². The number of rotatable bonds is 4. The maximum Gasteiger partial charge on any atom is 0.199 e. The fourth-order valence-electron chi connectivity index (χ4n) is 1.94. The van der Waals surface area contributed by atoms with Gasteiger partial charge in [-0.15, -0.1) is 0 Å². The third-order valence-electron chi connectivity index (χ3n) is 2.88. The van der Waals surface area contributed by atoms with Crippen molar-refractivity contribution in [3.63, 3.8) is 0 Å². The molecule has 1 aromatic carbocycles. The molecule has 1 unspecified atom stereocenters. The van der Waals surface area contributed by atoms with Crippen molar-refractivity contribution >= 4 is 0 Å². The Balaban J connectivity index is 1.98. The summed E-state index contributed by atoms with van der Waals surface area (Å²) in [7, 11) is 0. The van der Waals surface area contributed by atoms with Crippen LogP contribution in [0.2, 0.25) is 0 Å². The van der Waals surface area contributed by atoms with Crippen LogP contribution in [-0.2, 0) is 11.2 Å². The van der Waals surface area contributed by atoms with Crippen LogP contribution in [0, 0.1) is 0 Å². The maximum absolute atomic E-state index is 9.78. The van der Waals surface area contributed by atoms with Gasteiger partial charge in [0.05, 0.1) is 6.61 Å². The van der Waals surface area contributed by atoms with E-state index in [1.165, 1.54) is 0 Å². The summed E-state index contributed by atoms with van der Waals surface area (Å²) < 4.78 is 11.1. The first-order chi connectivity index (χ1) is 8.29. The predicted octanol–water partition coefficient (Wildman–Crippen LogP) is 1.80. The van der Waals surface area contributed by atoms with Gasteiger partial charge in [0.2, 0.25) is 0 Å². The fraction of sp³-hybridized carbons (Fsp3) is 0.538. The molecule has 0 amide bonds. The van der Waals surface area contributed by atoms with Gasteiger partial charge in [-0.1, -0.05) is 6.07 Å². The van der Waals surface area contributed by atoms with Crippen LogP contribution >= 0.6 is 0 Å². The molecule has 1 heterocycles. The molecule has 0 aromatic heterocycles. The smallest absolute Gasteiger partial charge is 0.199 e. The zero-order valence-electron chi connectivity index (χ0n) is 9.89. The molecule has 17 heavy (non-hydrogen) atoms. The lowest BCUT2D eigenvalue weighted by Crippen LogP contribution is -2.24.